The summed E-state index contributed by atoms with van der Waals surface area (Å²) in [5, 5.41) is 3.36. The zero-order valence-electron chi connectivity index (χ0n) is 19.0. The molecule has 2 aromatic rings. The van der Waals surface area contributed by atoms with Gasteiger partial charge in [0.05, 0.1) is 19.8 Å². The third-order valence-corrected chi connectivity index (χ3v) is 8.18. The number of ether oxygens (including phenoxy) is 2. The standard InChI is InChI=1S/C26H33NO4/c1-15-21(11-23(31-15)20-5-6-22(29-3)24(10-20)30-4)25(28)27-16(2)26-12-17-7-18(13-26)9-19(8-17)14-26/h5-6,10-11,16-19H,7-9,12-14H2,1-4H3,(H,27,28)/t16-,17?,18?,19?,26?/m0/s1. The van der Waals surface area contributed by atoms with E-state index in [0.29, 0.717) is 28.6 Å². The highest BCUT2D eigenvalue weighted by Gasteiger charge is 2.53. The molecule has 1 heterocycles. The molecule has 1 N–H and O–H groups in total. The molecule has 0 radical (unpaired) electrons. The van der Waals surface area contributed by atoms with E-state index in [1.165, 1.54) is 38.5 Å². The number of nitrogens with one attached hydrogen (secondary N) is 1. The van der Waals surface area contributed by atoms with Gasteiger partial charge in [-0.05, 0) is 99.8 Å². The highest BCUT2D eigenvalue weighted by atomic mass is 16.5. The van der Waals surface area contributed by atoms with Gasteiger partial charge in [0.1, 0.15) is 11.5 Å². The van der Waals surface area contributed by atoms with E-state index in [1.54, 1.807) is 14.2 Å². The Morgan fingerprint density at radius 3 is 2.23 bits per heavy atom. The number of benzene rings is 1. The zero-order valence-corrected chi connectivity index (χ0v) is 19.0. The van der Waals surface area contributed by atoms with Crippen LogP contribution in [0.3, 0.4) is 0 Å². The Balaban J connectivity index is 1.34. The molecule has 166 valence electrons. The van der Waals surface area contributed by atoms with Gasteiger partial charge in [0, 0.05) is 11.6 Å². The molecule has 5 nitrogen and oxygen atoms in total. The van der Waals surface area contributed by atoms with Crippen molar-refractivity contribution in [1.82, 2.24) is 5.32 Å². The molecule has 1 amide bonds. The fraction of sp³-hybridized carbons (Fsp3) is 0.577. The third kappa shape index (κ3) is 3.52. The van der Waals surface area contributed by atoms with Crippen LogP contribution in [0.25, 0.3) is 11.3 Å². The summed E-state index contributed by atoms with van der Waals surface area (Å²) in [7, 11) is 3.22. The average Bonchev–Trinajstić information content (AvgIpc) is 3.14. The van der Waals surface area contributed by atoms with Crippen molar-refractivity contribution in [3.8, 4) is 22.8 Å². The summed E-state index contributed by atoms with van der Waals surface area (Å²) >= 11 is 0. The predicted octanol–water partition coefficient (Wildman–Crippen LogP) is 5.61. The van der Waals surface area contributed by atoms with Gasteiger partial charge in [-0.1, -0.05) is 0 Å². The van der Waals surface area contributed by atoms with Crippen molar-refractivity contribution in [2.45, 2.75) is 58.4 Å². The van der Waals surface area contributed by atoms with Gasteiger partial charge in [-0.2, -0.15) is 0 Å². The summed E-state index contributed by atoms with van der Waals surface area (Å²) in [5.74, 6) is 5.18. The van der Waals surface area contributed by atoms with Crippen molar-refractivity contribution in [2.24, 2.45) is 23.2 Å². The topological polar surface area (TPSA) is 60.7 Å². The van der Waals surface area contributed by atoms with Crippen LogP contribution in [-0.4, -0.2) is 26.2 Å². The lowest BCUT2D eigenvalue weighted by atomic mass is 9.48. The van der Waals surface area contributed by atoms with E-state index in [2.05, 4.69) is 12.2 Å². The number of methoxy groups -OCH3 is 2. The van der Waals surface area contributed by atoms with Crippen molar-refractivity contribution in [3.05, 3.63) is 35.6 Å². The first-order valence-electron chi connectivity index (χ1n) is 11.5. The van der Waals surface area contributed by atoms with Crippen molar-refractivity contribution in [3.63, 3.8) is 0 Å². The second kappa shape index (κ2) is 7.61. The molecular formula is C26H33NO4. The quantitative estimate of drug-likeness (QED) is 0.656. The Kier molecular flexibility index (Phi) is 5.03. The number of carbonyl (C=O) groups is 1. The molecule has 4 aliphatic carbocycles. The first kappa shape index (κ1) is 20.5. The molecule has 4 bridgehead atoms. The molecule has 31 heavy (non-hydrogen) atoms. The molecular weight excluding hydrogens is 390 g/mol. The molecule has 0 aliphatic heterocycles. The molecule has 6 rings (SSSR count). The van der Waals surface area contributed by atoms with Crippen LogP contribution in [0.5, 0.6) is 11.5 Å². The fourth-order valence-corrected chi connectivity index (χ4v) is 6.97. The summed E-state index contributed by atoms with van der Waals surface area (Å²) < 4.78 is 16.7. The van der Waals surface area contributed by atoms with E-state index >= 15 is 0 Å². The smallest absolute Gasteiger partial charge is 0.255 e. The van der Waals surface area contributed by atoms with Gasteiger partial charge in [-0.3, -0.25) is 4.79 Å². The summed E-state index contributed by atoms with van der Waals surface area (Å²) in [6, 6.07) is 7.67. The normalized spacial score (nSPS) is 29.6. The number of rotatable bonds is 6. The molecule has 4 fully saturated rings. The van der Waals surface area contributed by atoms with Crippen LogP contribution in [0.2, 0.25) is 0 Å². The van der Waals surface area contributed by atoms with E-state index in [1.807, 2.05) is 31.2 Å². The molecule has 0 saturated heterocycles. The molecule has 4 saturated carbocycles. The van der Waals surface area contributed by atoms with E-state index in [-0.39, 0.29) is 17.4 Å². The highest BCUT2D eigenvalue weighted by molar-refractivity contribution is 5.96. The van der Waals surface area contributed by atoms with E-state index in [9.17, 15) is 4.79 Å². The van der Waals surface area contributed by atoms with Crippen molar-refractivity contribution < 1.29 is 18.7 Å². The summed E-state index contributed by atoms with van der Waals surface area (Å²) in [4.78, 5) is 13.2. The zero-order chi connectivity index (χ0) is 21.8. The Labute approximate surface area is 184 Å². The molecule has 5 heteroatoms. The maximum Gasteiger partial charge on any atom is 0.255 e. The van der Waals surface area contributed by atoms with Crippen LogP contribution in [-0.2, 0) is 0 Å². The number of furan rings is 1. The van der Waals surface area contributed by atoms with Crippen molar-refractivity contribution in [1.29, 1.82) is 0 Å². The monoisotopic (exact) mass is 423 g/mol. The first-order valence-corrected chi connectivity index (χ1v) is 11.5. The SMILES string of the molecule is COc1ccc(-c2cc(C(=O)N[C@@H](C)C34CC5CC(CC(C5)C3)C4)c(C)o2)cc1OC. The number of amides is 1. The van der Waals surface area contributed by atoms with Gasteiger partial charge < -0.3 is 19.2 Å². The molecule has 0 unspecified atom stereocenters. The van der Waals surface area contributed by atoms with Crippen LogP contribution < -0.4 is 14.8 Å². The van der Waals surface area contributed by atoms with Crippen LogP contribution in [0.15, 0.2) is 28.7 Å². The largest absolute Gasteiger partial charge is 0.493 e. The summed E-state index contributed by atoms with van der Waals surface area (Å²) in [6.07, 6.45) is 8.07. The minimum absolute atomic E-state index is 0.0313. The molecule has 1 atom stereocenters. The molecule has 1 aromatic heterocycles. The van der Waals surface area contributed by atoms with Gasteiger partial charge in [-0.25, -0.2) is 0 Å². The Morgan fingerprint density at radius 2 is 1.65 bits per heavy atom. The minimum atomic E-state index is -0.0313. The molecule has 1 aromatic carbocycles. The Hall–Kier alpha value is -2.43. The van der Waals surface area contributed by atoms with Crippen LogP contribution in [0, 0.1) is 30.1 Å². The van der Waals surface area contributed by atoms with Gasteiger partial charge in [0.15, 0.2) is 11.5 Å². The lowest BCUT2D eigenvalue weighted by Gasteiger charge is -2.59. The number of carbonyl (C=O) groups excluding carboxylic acids is 1. The van der Waals surface area contributed by atoms with Crippen LogP contribution in [0.4, 0.5) is 0 Å². The lowest BCUT2D eigenvalue weighted by molar-refractivity contribution is -0.0688. The fourth-order valence-electron chi connectivity index (χ4n) is 6.97. The Bertz CT molecular complexity index is 956. The number of hydrogen-bond acceptors (Lipinski definition) is 4. The van der Waals surface area contributed by atoms with Crippen LogP contribution >= 0.6 is 0 Å². The van der Waals surface area contributed by atoms with Gasteiger partial charge in [0.2, 0.25) is 0 Å². The molecule has 0 spiro atoms. The highest BCUT2D eigenvalue weighted by Crippen LogP contribution is 2.61. The van der Waals surface area contributed by atoms with Gasteiger partial charge in [0.25, 0.3) is 5.91 Å². The second-order valence-electron chi connectivity index (χ2n) is 10.1. The summed E-state index contributed by atoms with van der Waals surface area (Å²) in [6.45, 7) is 4.07. The average molecular weight is 424 g/mol. The Morgan fingerprint density at radius 1 is 1.03 bits per heavy atom. The predicted molar refractivity (Wildman–Crippen MR) is 120 cm³/mol. The first-order chi connectivity index (χ1) is 14.9. The van der Waals surface area contributed by atoms with E-state index < -0.39 is 0 Å². The van der Waals surface area contributed by atoms with Gasteiger partial charge >= 0.3 is 0 Å². The maximum absolute atomic E-state index is 13.2. The minimum Gasteiger partial charge on any atom is -0.493 e. The third-order valence-electron chi connectivity index (χ3n) is 8.18. The molecule has 4 aliphatic rings. The summed E-state index contributed by atoms with van der Waals surface area (Å²) in [5.41, 5.74) is 1.75. The van der Waals surface area contributed by atoms with E-state index in [4.69, 9.17) is 13.9 Å². The second-order valence-corrected chi connectivity index (χ2v) is 10.1. The van der Waals surface area contributed by atoms with Gasteiger partial charge in [-0.15, -0.1) is 0 Å². The number of aryl methyl sites for hydroxylation is 1. The van der Waals surface area contributed by atoms with Crippen molar-refractivity contribution >= 4 is 5.91 Å². The lowest BCUT2D eigenvalue weighted by Crippen LogP contribution is -2.55. The van der Waals surface area contributed by atoms with E-state index in [0.717, 1.165) is 23.3 Å². The number of hydrogen-bond donors (Lipinski definition) is 1. The van der Waals surface area contributed by atoms with Crippen LogP contribution in [0.1, 0.15) is 61.6 Å². The maximum atomic E-state index is 13.2. The van der Waals surface area contributed by atoms with Crippen molar-refractivity contribution in [2.75, 3.05) is 14.2 Å².